The predicted octanol–water partition coefficient (Wildman–Crippen LogP) is 3.86. The first-order valence-corrected chi connectivity index (χ1v) is 7.79. The van der Waals surface area contributed by atoms with Gasteiger partial charge in [0.25, 0.3) is 0 Å². The minimum absolute atomic E-state index is 0.258. The molecule has 5 heteroatoms. The molecule has 0 bridgehead atoms. The molecule has 2 N–H and O–H groups in total. The molecule has 0 spiro atoms. The Kier molecular flexibility index (Phi) is 4.62. The average Bonchev–Trinajstić information content (AvgIpc) is 3.00. The first kappa shape index (κ1) is 16.2. The Labute approximate surface area is 140 Å². The summed E-state index contributed by atoms with van der Waals surface area (Å²) >= 11 is 0. The fraction of sp³-hybridized carbons (Fsp3) is 0.211. The number of benzene rings is 2. The Morgan fingerprint density at radius 2 is 1.79 bits per heavy atom. The topological polar surface area (TPSA) is 52.2 Å². The third-order valence-electron chi connectivity index (χ3n) is 4.05. The van der Waals surface area contributed by atoms with Gasteiger partial charge in [0.15, 0.2) is 0 Å². The minimum atomic E-state index is -0.258. The van der Waals surface area contributed by atoms with Crippen molar-refractivity contribution < 1.29 is 9.50 Å². The first-order chi connectivity index (χ1) is 11.5. The third-order valence-corrected chi connectivity index (χ3v) is 4.05. The van der Waals surface area contributed by atoms with Crippen molar-refractivity contribution in [3.8, 4) is 17.0 Å². The zero-order chi connectivity index (χ0) is 17.1. The number of H-pyrrole nitrogens is 1. The molecule has 0 atom stereocenters. The van der Waals surface area contributed by atoms with Crippen LogP contribution >= 0.6 is 0 Å². The van der Waals surface area contributed by atoms with Crippen molar-refractivity contribution >= 4 is 0 Å². The SMILES string of the molecule is Cc1cccc(CN(C)Cc2cn[nH]c2-c2ccc(F)cc2)c1O. The number of aromatic amines is 1. The Hall–Kier alpha value is -2.66. The van der Waals surface area contributed by atoms with Crippen molar-refractivity contribution in [1.29, 1.82) is 0 Å². The molecule has 0 unspecified atom stereocenters. The first-order valence-electron chi connectivity index (χ1n) is 7.79. The summed E-state index contributed by atoms with van der Waals surface area (Å²) in [6, 6.07) is 12.1. The average molecular weight is 325 g/mol. The van der Waals surface area contributed by atoms with Crippen molar-refractivity contribution in [2.75, 3.05) is 7.05 Å². The van der Waals surface area contributed by atoms with Crippen molar-refractivity contribution in [3.05, 3.63) is 71.2 Å². The van der Waals surface area contributed by atoms with Crippen LogP contribution in [0, 0.1) is 12.7 Å². The van der Waals surface area contributed by atoms with Crippen LogP contribution in [0.25, 0.3) is 11.3 Å². The second kappa shape index (κ2) is 6.84. The van der Waals surface area contributed by atoms with Gasteiger partial charge in [0.05, 0.1) is 11.9 Å². The van der Waals surface area contributed by atoms with Gasteiger partial charge in [-0.3, -0.25) is 10.00 Å². The minimum Gasteiger partial charge on any atom is -0.507 e. The normalized spacial score (nSPS) is 11.2. The quantitative estimate of drug-likeness (QED) is 0.749. The van der Waals surface area contributed by atoms with Crippen molar-refractivity contribution in [1.82, 2.24) is 15.1 Å². The molecule has 1 aromatic heterocycles. The number of para-hydroxylation sites is 1. The maximum atomic E-state index is 13.1. The number of aromatic hydroxyl groups is 1. The molecule has 0 aliphatic heterocycles. The van der Waals surface area contributed by atoms with Crippen LogP contribution in [0.3, 0.4) is 0 Å². The molecule has 0 radical (unpaired) electrons. The van der Waals surface area contributed by atoms with E-state index in [2.05, 4.69) is 15.1 Å². The number of halogens is 1. The molecule has 24 heavy (non-hydrogen) atoms. The fourth-order valence-electron chi connectivity index (χ4n) is 2.78. The van der Waals surface area contributed by atoms with Crippen LogP contribution in [-0.2, 0) is 13.1 Å². The molecule has 0 fully saturated rings. The van der Waals surface area contributed by atoms with Gasteiger partial charge in [-0.05, 0) is 43.8 Å². The summed E-state index contributed by atoms with van der Waals surface area (Å²) < 4.78 is 13.1. The van der Waals surface area contributed by atoms with E-state index in [1.165, 1.54) is 12.1 Å². The number of nitrogens with zero attached hydrogens (tertiary/aromatic N) is 2. The molecule has 0 aliphatic carbocycles. The third kappa shape index (κ3) is 3.46. The Morgan fingerprint density at radius 1 is 1.08 bits per heavy atom. The summed E-state index contributed by atoms with van der Waals surface area (Å²) in [6.07, 6.45) is 1.78. The predicted molar refractivity (Wildman–Crippen MR) is 92.0 cm³/mol. The van der Waals surface area contributed by atoms with E-state index >= 15 is 0 Å². The van der Waals surface area contributed by atoms with E-state index in [0.29, 0.717) is 18.8 Å². The van der Waals surface area contributed by atoms with E-state index in [0.717, 1.165) is 27.9 Å². The van der Waals surface area contributed by atoms with E-state index < -0.39 is 0 Å². The second-order valence-corrected chi connectivity index (χ2v) is 6.03. The lowest BCUT2D eigenvalue weighted by atomic mass is 10.1. The van der Waals surface area contributed by atoms with E-state index in [1.807, 2.05) is 32.2 Å². The van der Waals surface area contributed by atoms with Crippen LogP contribution in [0.4, 0.5) is 4.39 Å². The largest absolute Gasteiger partial charge is 0.507 e. The van der Waals surface area contributed by atoms with Gasteiger partial charge in [0.1, 0.15) is 11.6 Å². The zero-order valence-electron chi connectivity index (χ0n) is 13.8. The zero-order valence-corrected chi connectivity index (χ0v) is 13.8. The molecule has 4 nitrogen and oxygen atoms in total. The highest BCUT2D eigenvalue weighted by molar-refractivity contribution is 5.62. The number of hydrogen-bond acceptors (Lipinski definition) is 3. The van der Waals surface area contributed by atoms with Gasteiger partial charge in [0, 0.05) is 29.8 Å². The van der Waals surface area contributed by atoms with Gasteiger partial charge >= 0.3 is 0 Å². The summed E-state index contributed by atoms with van der Waals surface area (Å²) in [4.78, 5) is 2.10. The van der Waals surface area contributed by atoms with E-state index in [1.54, 1.807) is 18.3 Å². The lowest BCUT2D eigenvalue weighted by Crippen LogP contribution is -2.17. The van der Waals surface area contributed by atoms with Crippen LogP contribution in [-0.4, -0.2) is 27.3 Å². The lowest BCUT2D eigenvalue weighted by molar-refractivity contribution is 0.312. The van der Waals surface area contributed by atoms with Gasteiger partial charge in [0.2, 0.25) is 0 Å². The Morgan fingerprint density at radius 3 is 2.54 bits per heavy atom. The van der Waals surface area contributed by atoms with Crippen LogP contribution in [0.15, 0.2) is 48.7 Å². The summed E-state index contributed by atoms with van der Waals surface area (Å²) in [5, 5.41) is 17.3. The lowest BCUT2D eigenvalue weighted by Gasteiger charge is -2.18. The maximum Gasteiger partial charge on any atom is 0.123 e. The highest BCUT2D eigenvalue weighted by Gasteiger charge is 2.12. The van der Waals surface area contributed by atoms with Crippen molar-refractivity contribution in [2.24, 2.45) is 0 Å². The molecule has 3 rings (SSSR count). The number of aromatic nitrogens is 2. The molecule has 0 aliphatic rings. The number of rotatable bonds is 5. The Bertz CT molecular complexity index is 827. The smallest absolute Gasteiger partial charge is 0.123 e. The fourth-order valence-corrected chi connectivity index (χ4v) is 2.78. The second-order valence-electron chi connectivity index (χ2n) is 6.03. The summed E-state index contributed by atoms with van der Waals surface area (Å²) in [7, 11) is 1.99. The van der Waals surface area contributed by atoms with Crippen molar-refractivity contribution in [3.63, 3.8) is 0 Å². The molecule has 124 valence electrons. The number of hydrogen-bond donors (Lipinski definition) is 2. The van der Waals surface area contributed by atoms with E-state index in [9.17, 15) is 9.50 Å². The van der Waals surface area contributed by atoms with Crippen LogP contribution in [0.1, 0.15) is 16.7 Å². The van der Waals surface area contributed by atoms with Crippen LogP contribution < -0.4 is 0 Å². The highest BCUT2D eigenvalue weighted by atomic mass is 19.1. The van der Waals surface area contributed by atoms with E-state index in [-0.39, 0.29) is 5.82 Å². The number of phenolic OH excluding ortho intramolecular Hbond substituents is 1. The molecular formula is C19H20FN3O. The van der Waals surface area contributed by atoms with E-state index in [4.69, 9.17) is 0 Å². The Balaban J connectivity index is 1.76. The van der Waals surface area contributed by atoms with Crippen molar-refractivity contribution in [2.45, 2.75) is 20.0 Å². The molecule has 0 saturated carbocycles. The van der Waals surface area contributed by atoms with Gasteiger partial charge in [-0.25, -0.2) is 4.39 Å². The summed E-state index contributed by atoms with van der Waals surface area (Å²) in [5.74, 6) is 0.0853. The van der Waals surface area contributed by atoms with Crippen LogP contribution in [0.5, 0.6) is 5.75 Å². The summed E-state index contributed by atoms with van der Waals surface area (Å²) in [6.45, 7) is 3.18. The number of aryl methyl sites for hydroxylation is 1. The number of phenols is 1. The van der Waals surface area contributed by atoms with Gasteiger partial charge < -0.3 is 5.11 Å². The molecule has 0 amide bonds. The van der Waals surface area contributed by atoms with Gasteiger partial charge in [-0.2, -0.15) is 5.10 Å². The monoisotopic (exact) mass is 325 g/mol. The molecular weight excluding hydrogens is 305 g/mol. The standard InChI is InChI=1S/C19H20FN3O/c1-13-4-3-5-15(19(13)24)11-23(2)12-16-10-21-22-18(16)14-6-8-17(20)9-7-14/h3-10,24H,11-12H2,1-2H3,(H,21,22). The van der Waals surface area contributed by atoms with Gasteiger partial charge in [-0.1, -0.05) is 18.2 Å². The molecule has 1 heterocycles. The van der Waals surface area contributed by atoms with Gasteiger partial charge in [-0.15, -0.1) is 0 Å². The maximum absolute atomic E-state index is 13.1. The molecule has 3 aromatic rings. The molecule has 2 aromatic carbocycles. The highest BCUT2D eigenvalue weighted by Crippen LogP contribution is 2.25. The number of nitrogens with one attached hydrogen (secondary N) is 1. The molecule has 0 saturated heterocycles. The van der Waals surface area contributed by atoms with Crippen LogP contribution in [0.2, 0.25) is 0 Å². The summed E-state index contributed by atoms with van der Waals surface area (Å²) in [5.41, 5.74) is 4.57.